The summed E-state index contributed by atoms with van der Waals surface area (Å²) in [4.78, 5) is 6.44. The number of nitrogens with zero attached hydrogens (tertiary/aromatic N) is 2. The van der Waals surface area contributed by atoms with Gasteiger partial charge in [-0.1, -0.05) is 110 Å². The molecule has 26 heavy (non-hydrogen) atoms. The normalized spacial score (nSPS) is 13.2. The van der Waals surface area contributed by atoms with Crippen LogP contribution in [0.2, 0.25) is 0 Å². The lowest BCUT2D eigenvalue weighted by molar-refractivity contribution is 0.704. The highest BCUT2D eigenvalue weighted by molar-refractivity contribution is 5.94. The van der Waals surface area contributed by atoms with E-state index in [1.54, 1.807) is 24.4 Å². The molecule has 1 atom stereocenters. The summed E-state index contributed by atoms with van der Waals surface area (Å²) < 4.78 is 0. The number of benzene rings is 1. The van der Waals surface area contributed by atoms with Crippen molar-refractivity contribution in [2.45, 2.75) is 47.6 Å². The van der Waals surface area contributed by atoms with E-state index in [2.05, 4.69) is 43.4 Å². The van der Waals surface area contributed by atoms with Crippen LogP contribution in [0.1, 0.15) is 53.1 Å². The molecule has 0 saturated carbocycles. The van der Waals surface area contributed by atoms with Crippen LogP contribution in [0.5, 0.6) is 0 Å². The van der Waals surface area contributed by atoms with Gasteiger partial charge in [0.05, 0.1) is 6.04 Å². The van der Waals surface area contributed by atoms with Crippen LogP contribution < -0.4 is 0 Å². The van der Waals surface area contributed by atoms with Crippen molar-refractivity contribution >= 4 is 5.84 Å². The summed E-state index contributed by atoms with van der Waals surface area (Å²) in [6, 6.07) is 10.3. The van der Waals surface area contributed by atoms with Crippen LogP contribution in [-0.2, 0) is 0 Å². The number of aliphatic imine (C=N–C) groups is 1. The number of hydrogen-bond acceptors (Lipinski definition) is 2. The first-order chi connectivity index (χ1) is 12.8. The minimum atomic E-state index is 0.0744. The Morgan fingerprint density at radius 2 is 1.35 bits per heavy atom. The molecule has 144 valence electrons. The van der Waals surface area contributed by atoms with Gasteiger partial charge in [-0.25, -0.2) is 0 Å². The van der Waals surface area contributed by atoms with Crippen LogP contribution in [0.25, 0.3) is 0 Å². The monoisotopic (exact) mass is 354 g/mol. The summed E-state index contributed by atoms with van der Waals surface area (Å²) in [5.41, 5.74) is 1.18. The van der Waals surface area contributed by atoms with Crippen LogP contribution in [0.15, 0.2) is 98.3 Å². The fraction of sp³-hybridized carbons (Fsp3) is 0.292. The molecule has 2 heteroatoms. The molecule has 2 nitrogen and oxygen atoms in total. The Morgan fingerprint density at radius 1 is 0.846 bits per heavy atom. The van der Waals surface area contributed by atoms with Gasteiger partial charge in [-0.2, -0.15) is 0 Å². The fourth-order valence-electron chi connectivity index (χ4n) is 1.65. The van der Waals surface area contributed by atoms with E-state index in [0.29, 0.717) is 0 Å². The van der Waals surface area contributed by atoms with Crippen LogP contribution in [-0.4, -0.2) is 10.7 Å². The molecule has 1 aromatic carbocycles. The van der Waals surface area contributed by atoms with Gasteiger partial charge < -0.3 is 4.90 Å². The first-order valence-electron chi connectivity index (χ1n) is 9.34. The number of amidine groups is 1. The zero-order valence-electron chi connectivity index (χ0n) is 17.7. The predicted molar refractivity (Wildman–Crippen MR) is 122 cm³/mol. The summed E-state index contributed by atoms with van der Waals surface area (Å²) in [6.07, 6.45) is 10.7. The van der Waals surface area contributed by atoms with Gasteiger partial charge in [-0.05, 0) is 17.7 Å². The highest BCUT2D eigenvalue weighted by Crippen LogP contribution is 2.23. The second kappa shape index (κ2) is 22.4. The van der Waals surface area contributed by atoms with Crippen molar-refractivity contribution in [2.75, 3.05) is 0 Å². The van der Waals surface area contributed by atoms with E-state index in [0.717, 1.165) is 5.84 Å². The average Bonchev–Trinajstić information content (AvgIpc) is 2.78. The van der Waals surface area contributed by atoms with Crippen molar-refractivity contribution in [3.63, 3.8) is 0 Å². The zero-order valence-corrected chi connectivity index (χ0v) is 17.7. The first kappa shape index (κ1) is 28.2. The van der Waals surface area contributed by atoms with Gasteiger partial charge in [0, 0.05) is 12.4 Å². The van der Waals surface area contributed by atoms with E-state index in [1.165, 1.54) is 5.56 Å². The summed E-state index contributed by atoms with van der Waals surface area (Å²) in [5, 5.41) is 0. The van der Waals surface area contributed by atoms with Gasteiger partial charge in [0.15, 0.2) is 0 Å². The SMILES string of the molecule is C=CC1=NC(c2ccccc2)C=CN1C=C.C=CC=C.CC.CC.CC. The third-order valence-corrected chi connectivity index (χ3v) is 2.65. The van der Waals surface area contributed by atoms with Crippen molar-refractivity contribution in [1.82, 2.24) is 4.90 Å². The second-order valence-electron chi connectivity index (χ2n) is 3.95. The first-order valence-corrected chi connectivity index (χ1v) is 9.34. The van der Waals surface area contributed by atoms with Crippen molar-refractivity contribution in [2.24, 2.45) is 4.99 Å². The summed E-state index contributed by atoms with van der Waals surface area (Å²) >= 11 is 0. The molecule has 1 heterocycles. The van der Waals surface area contributed by atoms with E-state index >= 15 is 0 Å². The van der Waals surface area contributed by atoms with Gasteiger partial charge in [0.25, 0.3) is 0 Å². The number of rotatable bonds is 4. The highest BCUT2D eigenvalue weighted by atomic mass is 15.2. The molecular weight excluding hydrogens is 316 g/mol. The lowest BCUT2D eigenvalue weighted by atomic mass is 10.1. The molecular formula is C24H38N2. The molecule has 2 rings (SSSR count). The minimum Gasteiger partial charge on any atom is -0.310 e. The number of allylic oxidation sites excluding steroid dienone is 2. The Kier molecular flexibility index (Phi) is 24.3. The summed E-state index contributed by atoms with van der Waals surface area (Å²) in [6.45, 7) is 26.2. The smallest absolute Gasteiger partial charge is 0.131 e. The minimum absolute atomic E-state index is 0.0744. The molecule has 0 aromatic heterocycles. The Hall–Kier alpha value is -2.61. The second-order valence-corrected chi connectivity index (χ2v) is 3.95. The van der Waals surface area contributed by atoms with E-state index in [4.69, 9.17) is 0 Å². The molecule has 0 bridgehead atoms. The topological polar surface area (TPSA) is 15.6 Å². The highest BCUT2D eigenvalue weighted by Gasteiger charge is 2.13. The molecule has 0 N–H and O–H groups in total. The van der Waals surface area contributed by atoms with Crippen molar-refractivity contribution < 1.29 is 0 Å². The van der Waals surface area contributed by atoms with Crippen LogP contribution >= 0.6 is 0 Å². The molecule has 1 aromatic rings. The standard InChI is InChI=1S/C14H14N2.C4H6.3C2H6/c1-3-14-15-13(10-11-16(14)4-2)12-8-6-5-7-9-12;1-3-4-2;3*1-2/h3-11,13H,1-2H2;3-4H,1-2H2;3*1-2H3. The molecule has 0 amide bonds. The van der Waals surface area contributed by atoms with Crippen molar-refractivity contribution in [3.8, 4) is 0 Å². The van der Waals surface area contributed by atoms with Gasteiger partial charge in [0.2, 0.25) is 0 Å². The zero-order chi connectivity index (χ0) is 20.8. The molecule has 0 aliphatic carbocycles. The van der Waals surface area contributed by atoms with Crippen LogP contribution in [0, 0.1) is 0 Å². The van der Waals surface area contributed by atoms with Gasteiger partial charge in [0.1, 0.15) is 5.84 Å². The lowest BCUT2D eigenvalue weighted by Gasteiger charge is -2.22. The summed E-state index contributed by atoms with van der Waals surface area (Å²) in [5.74, 6) is 0.825. The number of hydrogen-bond donors (Lipinski definition) is 0. The van der Waals surface area contributed by atoms with E-state index in [9.17, 15) is 0 Å². The van der Waals surface area contributed by atoms with Crippen LogP contribution in [0.4, 0.5) is 0 Å². The Morgan fingerprint density at radius 3 is 1.73 bits per heavy atom. The molecule has 1 aliphatic heterocycles. The van der Waals surface area contributed by atoms with E-state index in [-0.39, 0.29) is 6.04 Å². The third kappa shape index (κ3) is 11.9. The van der Waals surface area contributed by atoms with Crippen molar-refractivity contribution in [1.29, 1.82) is 0 Å². The largest absolute Gasteiger partial charge is 0.310 e. The average molecular weight is 355 g/mol. The lowest BCUT2D eigenvalue weighted by Crippen LogP contribution is -2.21. The molecule has 0 radical (unpaired) electrons. The molecule has 1 aliphatic rings. The molecule has 0 spiro atoms. The van der Waals surface area contributed by atoms with E-state index in [1.807, 2.05) is 76.9 Å². The molecule has 0 fully saturated rings. The van der Waals surface area contributed by atoms with Crippen LogP contribution in [0.3, 0.4) is 0 Å². The van der Waals surface area contributed by atoms with Gasteiger partial charge in [-0.15, -0.1) is 0 Å². The third-order valence-electron chi connectivity index (χ3n) is 2.65. The fourth-order valence-corrected chi connectivity index (χ4v) is 1.65. The maximum Gasteiger partial charge on any atom is 0.131 e. The van der Waals surface area contributed by atoms with Gasteiger partial charge in [-0.3, -0.25) is 4.99 Å². The molecule has 0 saturated heterocycles. The van der Waals surface area contributed by atoms with Gasteiger partial charge >= 0.3 is 0 Å². The van der Waals surface area contributed by atoms with E-state index < -0.39 is 0 Å². The maximum absolute atomic E-state index is 4.59. The molecule has 1 unspecified atom stereocenters. The Balaban J connectivity index is -0.000000451. The predicted octanol–water partition coefficient (Wildman–Crippen LogP) is 7.72. The Labute approximate surface area is 162 Å². The quantitative estimate of drug-likeness (QED) is 0.505. The van der Waals surface area contributed by atoms with Crippen molar-refractivity contribution in [3.05, 3.63) is 98.9 Å². The summed E-state index contributed by atoms with van der Waals surface area (Å²) in [7, 11) is 0. The maximum atomic E-state index is 4.59. The Bertz CT molecular complexity index is 518.